The fourth-order valence-electron chi connectivity index (χ4n) is 3.71. The van der Waals surface area contributed by atoms with Gasteiger partial charge in [-0.3, -0.25) is 19.3 Å². The molecule has 0 unspecified atom stereocenters. The van der Waals surface area contributed by atoms with Gasteiger partial charge in [0.05, 0.1) is 5.75 Å². The molecule has 4 rings (SSSR count). The Labute approximate surface area is 211 Å². The smallest absolute Gasteiger partial charge is 0.352 e. The molecule has 0 bridgehead atoms. The topological polar surface area (TPSA) is 134 Å². The summed E-state index contributed by atoms with van der Waals surface area (Å²) >= 11 is 6.13. The molecule has 1 aromatic carbocycles. The number of pyridine rings is 1. The second kappa shape index (κ2) is 10.2. The van der Waals surface area contributed by atoms with Crippen LogP contribution < -0.4 is 15.6 Å². The lowest BCUT2D eigenvalue weighted by Crippen LogP contribution is -2.71. The van der Waals surface area contributed by atoms with Crippen LogP contribution in [0.15, 0.2) is 69.4 Å². The molecule has 12 heteroatoms. The van der Waals surface area contributed by atoms with Crippen LogP contribution in [-0.2, 0) is 20.9 Å². The van der Waals surface area contributed by atoms with Crippen molar-refractivity contribution in [3.63, 3.8) is 0 Å². The van der Waals surface area contributed by atoms with E-state index < -0.39 is 29.2 Å². The van der Waals surface area contributed by atoms with Crippen molar-refractivity contribution < 1.29 is 28.9 Å². The third-order valence-corrected chi connectivity index (χ3v) is 8.08. The number of primary amides is 1. The summed E-state index contributed by atoms with van der Waals surface area (Å²) in [7, 11) is 0. The summed E-state index contributed by atoms with van der Waals surface area (Å²) in [5.74, 6) is -2.05. The predicted molar refractivity (Wildman–Crippen MR) is 130 cm³/mol. The van der Waals surface area contributed by atoms with Crippen LogP contribution in [0.2, 0.25) is 0 Å². The van der Waals surface area contributed by atoms with Crippen LogP contribution in [0, 0.1) is 0 Å². The van der Waals surface area contributed by atoms with E-state index in [9.17, 15) is 24.3 Å². The van der Waals surface area contributed by atoms with E-state index >= 15 is 0 Å². The van der Waals surface area contributed by atoms with Gasteiger partial charge in [-0.2, -0.15) is 0 Å². The van der Waals surface area contributed by atoms with E-state index in [2.05, 4.69) is 21.2 Å². The van der Waals surface area contributed by atoms with Crippen LogP contribution in [0.5, 0.6) is 0 Å². The molecular formula is C22H20BrN4O5S2+. The quantitative estimate of drug-likeness (QED) is 0.251. The standard InChI is InChI=1S/C22H19BrN4O5S2/c23-14-4-1-5-15(7-14)33-11-16(28)25-17-20(30)27-18(22(31)32)13(10-34-21(17)27)9-26-6-2-3-12(8-26)19(24)29/h1-8,17,21H,9-11H2,(H3-,24,25,28,29,31,32)/p+1/t17-,21-/m1/s1. The lowest BCUT2D eigenvalue weighted by atomic mass is 10.0. The van der Waals surface area contributed by atoms with Gasteiger partial charge in [-0.1, -0.05) is 22.0 Å². The van der Waals surface area contributed by atoms with Crippen LogP contribution >= 0.6 is 39.5 Å². The Morgan fingerprint density at radius 1 is 1.29 bits per heavy atom. The van der Waals surface area contributed by atoms with E-state index in [1.807, 2.05) is 24.3 Å². The number of hydrogen-bond acceptors (Lipinski definition) is 6. The molecule has 2 aliphatic rings. The maximum Gasteiger partial charge on any atom is 0.352 e. The lowest BCUT2D eigenvalue weighted by molar-refractivity contribution is -0.689. The molecule has 176 valence electrons. The number of β-lactam (4-membered cyclic amide) rings is 1. The van der Waals surface area contributed by atoms with Crippen molar-refractivity contribution in [2.45, 2.75) is 22.9 Å². The Kier molecular flexibility index (Phi) is 7.29. The molecule has 2 aliphatic heterocycles. The van der Waals surface area contributed by atoms with E-state index in [-0.39, 0.29) is 23.9 Å². The van der Waals surface area contributed by atoms with Crippen molar-refractivity contribution in [3.05, 3.63) is 70.1 Å². The summed E-state index contributed by atoms with van der Waals surface area (Å²) in [5.41, 5.74) is 6.07. The van der Waals surface area contributed by atoms with Crippen LogP contribution in [-0.4, -0.2) is 56.6 Å². The fraction of sp³-hybridized carbons (Fsp3) is 0.227. The van der Waals surface area contributed by atoms with E-state index in [0.29, 0.717) is 16.9 Å². The number of carboxylic acids is 1. The number of amides is 3. The Balaban J connectivity index is 1.44. The minimum atomic E-state index is -1.21. The van der Waals surface area contributed by atoms with Crippen LogP contribution in [0.4, 0.5) is 0 Å². The minimum absolute atomic E-state index is 0.0836. The van der Waals surface area contributed by atoms with E-state index in [1.165, 1.54) is 34.6 Å². The van der Waals surface area contributed by atoms with Crippen LogP contribution in [0.1, 0.15) is 10.4 Å². The van der Waals surface area contributed by atoms with E-state index in [1.54, 1.807) is 22.9 Å². The number of rotatable bonds is 8. The maximum atomic E-state index is 12.8. The molecule has 34 heavy (non-hydrogen) atoms. The van der Waals surface area contributed by atoms with Gasteiger partial charge in [0, 0.05) is 26.8 Å². The number of carbonyl (C=O) groups is 4. The van der Waals surface area contributed by atoms with Gasteiger partial charge in [-0.15, -0.1) is 23.5 Å². The molecule has 1 fully saturated rings. The molecule has 0 saturated carbocycles. The molecule has 2 atom stereocenters. The second-order valence-electron chi connectivity index (χ2n) is 7.59. The third-order valence-electron chi connectivity index (χ3n) is 5.25. The van der Waals surface area contributed by atoms with Crippen molar-refractivity contribution in [2.24, 2.45) is 5.73 Å². The van der Waals surface area contributed by atoms with E-state index in [4.69, 9.17) is 5.73 Å². The Hall–Kier alpha value is -2.83. The first-order valence-electron chi connectivity index (χ1n) is 10.1. The molecule has 1 aromatic heterocycles. The summed E-state index contributed by atoms with van der Waals surface area (Å²) < 4.78 is 2.56. The van der Waals surface area contributed by atoms with Gasteiger partial charge in [-0.25, -0.2) is 9.36 Å². The first-order chi connectivity index (χ1) is 16.2. The zero-order chi connectivity index (χ0) is 24.4. The van der Waals surface area contributed by atoms with Gasteiger partial charge in [0.25, 0.3) is 11.8 Å². The van der Waals surface area contributed by atoms with Crippen molar-refractivity contribution >= 4 is 63.1 Å². The number of aliphatic carboxylic acids is 1. The largest absolute Gasteiger partial charge is 0.477 e. The number of nitrogens with two attached hydrogens (primary N) is 1. The van der Waals surface area contributed by atoms with Gasteiger partial charge in [0.2, 0.25) is 5.91 Å². The average Bonchev–Trinajstić information content (AvgIpc) is 2.81. The normalized spacial score (nSPS) is 19.3. The van der Waals surface area contributed by atoms with Gasteiger partial charge in [0.1, 0.15) is 22.7 Å². The number of thioether (sulfide) groups is 2. The molecule has 0 radical (unpaired) electrons. The number of benzene rings is 1. The first kappa shape index (κ1) is 24.3. The highest BCUT2D eigenvalue weighted by Crippen LogP contribution is 2.40. The number of hydrogen-bond donors (Lipinski definition) is 3. The number of halogens is 1. The highest BCUT2D eigenvalue weighted by molar-refractivity contribution is 9.10. The molecule has 4 N–H and O–H groups in total. The number of carboxylic acid groups (broad SMARTS) is 1. The van der Waals surface area contributed by atoms with Crippen molar-refractivity contribution in [1.82, 2.24) is 10.2 Å². The van der Waals surface area contributed by atoms with Crippen LogP contribution in [0.3, 0.4) is 0 Å². The Morgan fingerprint density at radius 3 is 2.79 bits per heavy atom. The molecular weight excluding hydrogens is 544 g/mol. The average molecular weight is 564 g/mol. The highest BCUT2D eigenvalue weighted by Gasteiger charge is 2.54. The third kappa shape index (κ3) is 5.13. The number of aromatic nitrogens is 1. The first-order valence-corrected chi connectivity index (χ1v) is 12.9. The zero-order valence-corrected chi connectivity index (χ0v) is 20.9. The summed E-state index contributed by atoms with van der Waals surface area (Å²) in [6.45, 7) is 0.187. The minimum Gasteiger partial charge on any atom is -0.477 e. The second-order valence-corrected chi connectivity index (χ2v) is 10.7. The molecule has 9 nitrogen and oxygen atoms in total. The van der Waals surface area contributed by atoms with Gasteiger partial charge < -0.3 is 16.2 Å². The summed E-state index contributed by atoms with van der Waals surface area (Å²) in [6.07, 6.45) is 3.23. The number of fused-ring (bicyclic) bond motifs is 1. The zero-order valence-electron chi connectivity index (χ0n) is 17.6. The summed E-state index contributed by atoms with van der Waals surface area (Å²) in [5, 5.41) is 12.1. The van der Waals surface area contributed by atoms with Crippen molar-refractivity contribution in [1.29, 1.82) is 0 Å². The maximum absolute atomic E-state index is 12.8. The van der Waals surface area contributed by atoms with Gasteiger partial charge >= 0.3 is 5.97 Å². The van der Waals surface area contributed by atoms with Crippen LogP contribution in [0.25, 0.3) is 0 Å². The Morgan fingerprint density at radius 2 is 2.09 bits per heavy atom. The monoisotopic (exact) mass is 563 g/mol. The predicted octanol–water partition coefficient (Wildman–Crippen LogP) is 1.37. The van der Waals surface area contributed by atoms with Gasteiger partial charge in [0.15, 0.2) is 18.9 Å². The molecule has 0 spiro atoms. The molecule has 1 saturated heterocycles. The van der Waals surface area contributed by atoms with Crippen molar-refractivity contribution in [3.8, 4) is 0 Å². The van der Waals surface area contributed by atoms with Gasteiger partial charge in [-0.05, 0) is 24.3 Å². The van der Waals surface area contributed by atoms with Crippen molar-refractivity contribution in [2.75, 3.05) is 11.5 Å². The Bertz CT molecular complexity index is 1220. The fourth-order valence-corrected chi connectivity index (χ4v) is 6.36. The summed E-state index contributed by atoms with van der Waals surface area (Å²) in [4.78, 5) is 50.9. The molecule has 3 heterocycles. The number of nitrogens with one attached hydrogen (secondary N) is 1. The number of carbonyl (C=O) groups excluding carboxylic acids is 3. The van der Waals surface area contributed by atoms with E-state index in [0.717, 1.165) is 9.37 Å². The summed E-state index contributed by atoms with van der Waals surface area (Å²) in [6, 6.07) is 9.98. The number of nitrogens with zero attached hydrogens (tertiary/aromatic N) is 2. The molecule has 2 aromatic rings. The highest BCUT2D eigenvalue weighted by atomic mass is 79.9. The molecule has 3 amide bonds. The molecule has 0 aliphatic carbocycles. The lowest BCUT2D eigenvalue weighted by Gasteiger charge is -2.49. The SMILES string of the molecule is NC(=O)c1ccc[n+](CC2=C(C(=O)O)N3C(=O)[C@@H](NC(=O)CSc4cccc(Br)c4)[C@H]3SC2)c1.